The lowest BCUT2D eigenvalue weighted by Gasteiger charge is -2.33. The minimum Gasteiger partial charge on any atom is -0.455 e. The Labute approximate surface area is 201 Å². The molecule has 3 aromatic rings. The highest BCUT2D eigenvalue weighted by Gasteiger charge is 2.47. The van der Waals surface area contributed by atoms with Crippen molar-refractivity contribution in [1.82, 2.24) is 4.90 Å². The van der Waals surface area contributed by atoms with Gasteiger partial charge in [-0.2, -0.15) is 13.2 Å². The molecule has 0 radical (unpaired) electrons. The Hall–Kier alpha value is -3.28. The first kappa shape index (κ1) is 23.5. The lowest BCUT2D eigenvalue weighted by molar-refractivity contribution is -0.210. The van der Waals surface area contributed by atoms with E-state index in [1.165, 1.54) is 26.0 Å². The van der Waals surface area contributed by atoms with E-state index in [1.807, 2.05) is 50.2 Å². The molecule has 0 saturated carbocycles. The number of alkyl halides is 3. The zero-order valence-corrected chi connectivity index (χ0v) is 20.3. The Balaban J connectivity index is 1.68. The zero-order chi connectivity index (χ0) is 25.3. The van der Waals surface area contributed by atoms with Gasteiger partial charge in [0.05, 0.1) is 11.1 Å². The van der Waals surface area contributed by atoms with Crippen LogP contribution in [0.5, 0.6) is 0 Å². The number of benzene rings is 2. The molecule has 0 saturated heterocycles. The van der Waals surface area contributed by atoms with Gasteiger partial charge in [0.25, 0.3) is 0 Å². The largest absolute Gasteiger partial charge is 0.455 e. The lowest BCUT2D eigenvalue weighted by Crippen LogP contribution is -2.32. The Morgan fingerprint density at radius 1 is 1.03 bits per heavy atom. The van der Waals surface area contributed by atoms with E-state index in [2.05, 4.69) is 6.07 Å². The predicted octanol–water partition coefficient (Wildman–Crippen LogP) is 8.60. The van der Waals surface area contributed by atoms with E-state index in [0.717, 1.165) is 38.7 Å². The number of aryl methyl sites for hydroxylation is 1. The molecule has 0 amide bonds. The standard InChI is InChI=1S/C29H27F4NO/c1-16-12-23-22-9-7-20(30)14-24(22)35-27(23)25(17(16)2)26-21-8-6-18(13-19(21)10-11-34(26)5)15-28(3,4)29(31,32)33/h6-14,19H,15H2,1-5H3. The van der Waals surface area contributed by atoms with E-state index < -0.39 is 11.6 Å². The van der Waals surface area contributed by atoms with Gasteiger partial charge in [0.2, 0.25) is 0 Å². The maximum Gasteiger partial charge on any atom is 0.394 e. The monoisotopic (exact) mass is 481 g/mol. The number of halogens is 4. The van der Waals surface area contributed by atoms with Gasteiger partial charge < -0.3 is 9.32 Å². The maximum atomic E-state index is 13.9. The van der Waals surface area contributed by atoms with Crippen LogP contribution in [-0.4, -0.2) is 18.1 Å². The Kier molecular flexibility index (Phi) is 5.28. The second-order valence-electron chi connectivity index (χ2n) is 10.2. The van der Waals surface area contributed by atoms with Crippen molar-refractivity contribution in [3.05, 3.63) is 88.4 Å². The molecule has 182 valence electrons. The van der Waals surface area contributed by atoms with Crippen LogP contribution in [0.3, 0.4) is 0 Å². The number of nitrogens with zero attached hydrogens (tertiary/aromatic N) is 1. The molecule has 35 heavy (non-hydrogen) atoms. The van der Waals surface area contributed by atoms with E-state index in [-0.39, 0.29) is 18.2 Å². The van der Waals surface area contributed by atoms with E-state index >= 15 is 0 Å². The molecule has 2 aromatic carbocycles. The molecule has 0 fully saturated rings. The zero-order valence-electron chi connectivity index (χ0n) is 20.3. The molecule has 2 aliphatic rings. The number of fused-ring (bicyclic) bond motifs is 4. The van der Waals surface area contributed by atoms with Crippen molar-refractivity contribution in [2.45, 2.75) is 40.3 Å². The summed E-state index contributed by atoms with van der Waals surface area (Å²) in [5.41, 5.74) is 4.98. The first-order valence-electron chi connectivity index (χ1n) is 11.6. The molecule has 5 rings (SSSR count). The predicted molar refractivity (Wildman–Crippen MR) is 132 cm³/mol. The fourth-order valence-electron chi connectivity index (χ4n) is 5.03. The van der Waals surface area contributed by atoms with Gasteiger partial charge in [0.1, 0.15) is 17.0 Å². The van der Waals surface area contributed by atoms with Gasteiger partial charge in [0, 0.05) is 41.6 Å². The lowest BCUT2D eigenvalue weighted by atomic mass is 9.79. The third-order valence-corrected chi connectivity index (χ3v) is 7.27. The van der Waals surface area contributed by atoms with Gasteiger partial charge in [-0.1, -0.05) is 43.7 Å². The number of furan rings is 1. The van der Waals surface area contributed by atoms with E-state index in [0.29, 0.717) is 16.7 Å². The molecule has 1 aliphatic carbocycles. The van der Waals surface area contributed by atoms with Crippen LogP contribution < -0.4 is 0 Å². The van der Waals surface area contributed by atoms with Crippen molar-refractivity contribution in [3.63, 3.8) is 0 Å². The quantitative estimate of drug-likeness (QED) is 0.348. The van der Waals surface area contributed by atoms with Crippen molar-refractivity contribution in [1.29, 1.82) is 0 Å². The molecular formula is C29H27F4NO. The third-order valence-electron chi connectivity index (χ3n) is 7.27. The number of hydrogen-bond donors (Lipinski definition) is 0. The summed E-state index contributed by atoms with van der Waals surface area (Å²) in [6.45, 7) is 6.54. The topological polar surface area (TPSA) is 16.4 Å². The van der Waals surface area contributed by atoms with Gasteiger partial charge in [-0.15, -0.1) is 0 Å². The van der Waals surface area contributed by atoms with Crippen LogP contribution in [0.4, 0.5) is 17.6 Å². The minimum atomic E-state index is -4.28. The van der Waals surface area contributed by atoms with E-state index in [4.69, 9.17) is 4.42 Å². The maximum absolute atomic E-state index is 13.9. The van der Waals surface area contributed by atoms with Crippen molar-refractivity contribution < 1.29 is 22.0 Å². The Bertz CT molecular complexity index is 1480. The molecule has 1 aromatic heterocycles. The molecule has 0 spiro atoms. The second-order valence-corrected chi connectivity index (χ2v) is 10.2. The fraction of sp³-hybridized carbons (Fsp3) is 0.310. The average Bonchev–Trinajstić information content (AvgIpc) is 3.11. The highest BCUT2D eigenvalue weighted by molar-refractivity contribution is 6.09. The highest BCUT2D eigenvalue weighted by Crippen LogP contribution is 2.46. The molecular weight excluding hydrogens is 454 g/mol. The van der Waals surface area contributed by atoms with E-state index in [1.54, 1.807) is 12.1 Å². The summed E-state index contributed by atoms with van der Waals surface area (Å²) in [4.78, 5) is 2.02. The van der Waals surface area contributed by atoms with Crippen LogP contribution in [0.1, 0.15) is 37.0 Å². The SMILES string of the molecule is Cc1cc2c(oc3cc(F)ccc32)c(C2=C3C=CC(CC(C)(C)C(F)(F)F)=CC3C=CN2C)c1C. The minimum absolute atomic E-state index is 0.0847. The van der Waals surface area contributed by atoms with Gasteiger partial charge in [-0.05, 0) is 55.2 Å². The fourth-order valence-corrected chi connectivity index (χ4v) is 5.03. The first-order chi connectivity index (χ1) is 16.4. The van der Waals surface area contributed by atoms with Gasteiger partial charge >= 0.3 is 6.18 Å². The van der Waals surface area contributed by atoms with E-state index in [9.17, 15) is 17.6 Å². The van der Waals surface area contributed by atoms with Gasteiger partial charge in [-0.25, -0.2) is 4.39 Å². The Morgan fingerprint density at radius 3 is 2.49 bits per heavy atom. The van der Waals surface area contributed by atoms with Crippen LogP contribution in [0.25, 0.3) is 27.6 Å². The summed E-state index contributed by atoms with van der Waals surface area (Å²) in [5, 5.41) is 1.76. The van der Waals surface area contributed by atoms with Crippen molar-refractivity contribution in [2.75, 3.05) is 7.05 Å². The van der Waals surface area contributed by atoms with Crippen LogP contribution in [-0.2, 0) is 0 Å². The highest BCUT2D eigenvalue weighted by atomic mass is 19.4. The molecule has 0 bridgehead atoms. The van der Waals surface area contributed by atoms with Crippen LogP contribution in [0.15, 0.2) is 70.3 Å². The van der Waals surface area contributed by atoms with Crippen molar-refractivity contribution in [3.8, 4) is 0 Å². The van der Waals surface area contributed by atoms with Crippen molar-refractivity contribution >= 4 is 27.6 Å². The average molecular weight is 482 g/mol. The van der Waals surface area contributed by atoms with Crippen LogP contribution in [0.2, 0.25) is 0 Å². The summed E-state index contributed by atoms with van der Waals surface area (Å²) in [6.07, 6.45) is 5.22. The van der Waals surface area contributed by atoms with Crippen LogP contribution >= 0.6 is 0 Å². The molecule has 1 unspecified atom stereocenters. The molecule has 1 aliphatic heterocycles. The van der Waals surface area contributed by atoms with Crippen molar-refractivity contribution in [2.24, 2.45) is 11.3 Å². The summed E-state index contributed by atoms with van der Waals surface area (Å²) in [6, 6.07) is 6.62. The summed E-state index contributed by atoms with van der Waals surface area (Å²) in [5.74, 6) is -0.511. The molecule has 2 heterocycles. The Morgan fingerprint density at radius 2 is 1.77 bits per heavy atom. The summed E-state index contributed by atoms with van der Waals surface area (Å²) >= 11 is 0. The second kappa shape index (κ2) is 7.87. The number of rotatable bonds is 3. The molecule has 2 nitrogen and oxygen atoms in total. The number of allylic oxidation sites excluding steroid dienone is 6. The number of hydrogen-bond acceptors (Lipinski definition) is 2. The normalized spacial score (nSPS) is 18.6. The van der Waals surface area contributed by atoms with Crippen LogP contribution in [0, 0.1) is 31.0 Å². The molecule has 6 heteroatoms. The molecule has 0 N–H and O–H groups in total. The van der Waals surface area contributed by atoms with Gasteiger partial charge in [0.15, 0.2) is 0 Å². The van der Waals surface area contributed by atoms with Gasteiger partial charge in [-0.3, -0.25) is 0 Å². The first-order valence-corrected chi connectivity index (χ1v) is 11.6. The summed E-state index contributed by atoms with van der Waals surface area (Å²) < 4.78 is 60.6. The smallest absolute Gasteiger partial charge is 0.394 e. The summed E-state index contributed by atoms with van der Waals surface area (Å²) in [7, 11) is 1.95. The molecule has 1 atom stereocenters. The third kappa shape index (κ3) is 3.79.